The van der Waals surface area contributed by atoms with Crippen LogP contribution in [-0.4, -0.2) is 43.6 Å². The van der Waals surface area contributed by atoms with Gasteiger partial charge in [-0.3, -0.25) is 14.3 Å². The number of likely N-dealkylation sites (tertiary alicyclic amines) is 1. The Morgan fingerprint density at radius 2 is 1.79 bits per heavy atom. The summed E-state index contributed by atoms with van der Waals surface area (Å²) in [5.74, 6) is 1.44. The molecular weight excluding hydrogens is 414 g/mol. The third-order valence-corrected chi connectivity index (χ3v) is 6.80. The zero-order valence-electron chi connectivity index (χ0n) is 18.3. The molecule has 7 nitrogen and oxygen atoms in total. The van der Waals surface area contributed by atoms with Gasteiger partial charge in [-0.1, -0.05) is 36.4 Å². The maximum atomic E-state index is 12.5. The minimum absolute atomic E-state index is 0.205. The SMILES string of the molecule is O=C(C1CC1)N1CCC(Cn2c(-c3ccc(-c4ccc5ncccc5c4)cc3)n[nH]c2=O)C1. The fourth-order valence-electron chi connectivity index (χ4n) is 4.80. The lowest BCUT2D eigenvalue weighted by Gasteiger charge is -2.16. The molecule has 0 radical (unpaired) electrons. The van der Waals surface area contributed by atoms with Crippen molar-refractivity contribution in [1.82, 2.24) is 24.6 Å². The van der Waals surface area contributed by atoms with E-state index in [0.29, 0.717) is 12.4 Å². The first-order chi connectivity index (χ1) is 16.2. The highest BCUT2D eigenvalue weighted by Crippen LogP contribution is 2.33. The van der Waals surface area contributed by atoms with Crippen LogP contribution in [0.1, 0.15) is 19.3 Å². The molecule has 0 spiro atoms. The number of fused-ring (bicyclic) bond motifs is 1. The van der Waals surface area contributed by atoms with Crippen LogP contribution < -0.4 is 5.69 Å². The standard InChI is InChI=1S/C26H25N5O2/c32-25(20-7-8-20)30-13-11-17(15-30)16-31-24(28-29-26(31)33)19-5-3-18(4-6-19)21-9-10-23-22(14-21)2-1-12-27-23/h1-6,9-10,12,14,17,20H,7-8,11,13,15-16H2,(H,29,33). The Bertz CT molecular complexity index is 1380. The van der Waals surface area contributed by atoms with Crippen molar-refractivity contribution in [2.75, 3.05) is 13.1 Å². The number of benzene rings is 2. The van der Waals surface area contributed by atoms with Gasteiger partial charge in [-0.05, 0) is 54.5 Å². The summed E-state index contributed by atoms with van der Waals surface area (Å²) >= 11 is 0. The Balaban J connectivity index is 1.22. The molecule has 4 aromatic rings. The second-order valence-corrected chi connectivity index (χ2v) is 9.16. The average Bonchev–Trinajstić information content (AvgIpc) is 3.50. The van der Waals surface area contributed by atoms with E-state index in [1.807, 2.05) is 29.2 Å². The molecule has 2 aromatic heterocycles. The number of amides is 1. The van der Waals surface area contributed by atoms with Gasteiger partial charge in [0.2, 0.25) is 5.91 Å². The van der Waals surface area contributed by atoms with Crippen molar-refractivity contribution in [1.29, 1.82) is 0 Å². The van der Waals surface area contributed by atoms with E-state index < -0.39 is 0 Å². The number of nitrogens with one attached hydrogen (secondary N) is 1. The van der Waals surface area contributed by atoms with Crippen LogP contribution in [0.5, 0.6) is 0 Å². The summed E-state index contributed by atoms with van der Waals surface area (Å²) in [6.07, 6.45) is 4.77. The molecule has 1 aliphatic heterocycles. The quantitative estimate of drug-likeness (QED) is 0.514. The lowest BCUT2D eigenvalue weighted by molar-refractivity contribution is -0.131. The molecule has 1 atom stereocenters. The molecule has 1 saturated heterocycles. The van der Waals surface area contributed by atoms with Gasteiger partial charge >= 0.3 is 5.69 Å². The molecule has 7 heteroatoms. The second kappa shape index (κ2) is 7.99. The zero-order valence-corrected chi connectivity index (χ0v) is 18.3. The number of aromatic nitrogens is 4. The van der Waals surface area contributed by atoms with Gasteiger partial charge in [0.15, 0.2) is 5.82 Å². The summed E-state index contributed by atoms with van der Waals surface area (Å²) in [5.41, 5.74) is 3.88. The first-order valence-electron chi connectivity index (χ1n) is 11.6. The van der Waals surface area contributed by atoms with E-state index in [1.54, 1.807) is 10.8 Å². The highest BCUT2D eigenvalue weighted by atomic mass is 16.2. The van der Waals surface area contributed by atoms with Crippen LogP contribution in [0.2, 0.25) is 0 Å². The van der Waals surface area contributed by atoms with Gasteiger partial charge in [0.1, 0.15) is 0 Å². The molecule has 33 heavy (non-hydrogen) atoms. The van der Waals surface area contributed by atoms with Crippen LogP contribution in [0.15, 0.2) is 65.6 Å². The molecular formula is C26H25N5O2. The Morgan fingerprint density at radius 3 is 2.61 bits per heavy atom. The average molecular weight is 440 g/mol. The van der Waals surface area contributed by atoms with Gasteiger partial charge in [-0.15, -0.1) is 0 Å². The Hall–Kier alpha value is -3.74. The Labute approximate surface area is 191 Å². The maximum Gasteiger partial charge on any atom is 0.343 e. The zero-order chi connectivity index (χ0) is 22.4. The van der Waals surface area contributed by atoms with Crippen LogP contribution in [0.4, 0.5) is 0 Å². The molecule has 166 valence electrons. The highest BCUT2D eigenvalue weighted by Gasteiger charge is 2.36. The number of hydrogen-bond acceptors (Lipinski definition) is 4. The summed E-state index contributed by atoms with van der Waals surface area (Å²) in [6.45, 7) is 2.08. The summed E-state index contributed by atoms with van der Waals surface area (Å²) in [5, 5.41) is 8.01. The Kier molecular flexibility index (Phi) is 4.82. The van der Waals surface area contributed by atoms with Crippen molar-refractivity contribution in [2.45, 2.75) is 25.8 Å². The number of carbonyl (C=O) groups excluding carboxylic acids is 1. The minimum atomic E-state index is -0.205. The van der Waals surface area contributed by atoms with E-state index in [4.69, 9.17) is 0 Å². The molecule has 1 unspecified atom stereocenters. The number of carbonyl (C=O) groups is 1. The Morgan fingerprint density at radius 1 is 1.00 bits per heavy atom. The van der Waals surface area contributed by atoms with E-state index in [2.05, 4.69) is 45.5 Å². The number of H-pyrrole nitrogens is 1. The predicted octanol–water partition coefficient (Wildman–Crippen LogP) is 3.71. The van der Waals surface area contributed by atoms with Gasteiger partial charge < -0.3 is 4.90 Å². The first kappa shape index (κ1) is 19.9. The normalized spacial score (nSPS) is 18.2. The number of nitrogens with zero attached hydrogens (tertiary/aromatic N) is 4. The van der Waals surface area contributed by atoms with Gasteiger partial charge in [0.05, 0.1) is 5.52 Å². The minimum Gasteiger partial charge on any atom is -0.342 e. The molecule has 2 fully saturated rings. The van der Waals surface area contributed by atoms with E-state index in [9.17, 15) is 9.59 Å². The van der Waals surface area contributed by atoms with Gasteiger partial charge in [0.25, 0.3) is 0 Å². The summed E-state index contributed by atoms with van der Waals surface area (Å²) in [7, 11) is 0. The topological polar surface area (TPSA) is 83.9 Å². The van der Waals surface area contributed by atoms with Crippen LogP contribution in [-0.2, 0) is 11.3 Å². The smallest absolute Gasteiger partial charge is 0.342 e. The van der Waals surface area contributed by atoms with Crippen molar-refractivity contribution in [3.8, 4) is 22.5 Å². The van der Waals surface area contributed by atoms with Gasteiger partial charge in [-0.2, -0.15) is 5.10 Å². The first-order valence-corrected chi connectivity index (χ1v) is 11.6. The molecule has 6 rings (SSSR count). The predicted molar refractivity (Wildman–Crippen MR) is 126 cm³/mol. The highest BCUT2D eigenvalue weighted by molar-refractivity contribution is 5.84. The number of rotatable bonds is 5. The van der Waals surface area contributed by atoms with E-state index in [0.717, 1.165) is 59.9 Å². The molecule has 1 N–H and O–H groups in total. The van der Waals surface area contributed by atoms with Crippen LogP contribution in [0, 0.1) is 11.8 Å². The summed E-state index contributed by atoms with van der Waals surface area (Å²) in [6, 6.07) is 18.4. The monoisotopic (exact) mass is 439 g/mol. The molecule has 1 aliphatic carbocycles. The third-order valence-electron chi connectivity index (χ3n) is 6.80. The molecule has 2 aromatic carbocycles. The van der Waals surface area contributed by atoms with Crippen LogP contribution >= 0.6 is 0 Å². The van der Waals surface area contributed by atoms with Crippen molar-refractivity contribution in [3.05, 3.63) is 71.3 Å². The number of aromatic amines is 1. The maximum absolute atomic E-state index is 12.5. The van der Waals surface area contributed by atoms with Crippen molar-refractivity contribution >= 4 is 16.8 Å². The molecule has 0 bridgehead atoms. The van der Waals surface area contributed by atoms with Crippen molar-refractivity contribution in [3.63, 3.8) is 0 Å². The van der Waals surface area contributed by atoms with E-state index >= 15 is 0 Å². The van der Waals surface area contributed by atoms with Crippen molar-refractivity contribution < 1.29 is 4.79 Å². The fraction of sp³-hybridized carbons (Fsp3) is 0.308. The second-order valence-electron chi connectivity index (χ2n) is 9.16. The molecule has 1 saturated carbocycles. The van der Waals surface area contributed by atoms with Crippen LogP contribution in [0.3, 0.4) is 0 Å². The van der Waals surface area contributed by atoms with Gasteiger partial charge in [0, 0.05) is 42.7 Å². The van der Waals surface area contributed by atoms with Gasteiger partial charge in [-0.25, -0.2) is 9.89 Å². The summed E-state index contributed by atoms with van der Waals surface area (Å²) < 4.78 is 1.71. The molecule has 1 amide bonds. The molecule has 3 heterocycles. The van der Waals surface area contributed by atoms with E-state index in [1.165, 1.54) is 0 Å². The largest absolute Gasteiger partial charge is 0.343 e. The number of pyridine rings is 1. The van der Waals surface area contributed by atoms with Crippen molar-refractivity contribution in [2.24, 2.45) is 11.8 Å². The summed E-state index contributed by atoms with van der Waals surface area (Å²) in [4.78, 5) is 31.2. The van der Waals surface area contributed by atoms with Crippen LogP contribution in [0.25, 0.3) is 33.4 Å². The third kappa shape index (κ3) is 3.84. The number of hydrogen-bond donors (Lipinski definition) is 1. The lowest BCUT2D eigenvalue weighted by atomic mass is 10.0. The lowest BCUT2D eigenvalue weighted by Crippen LogP contribution is -2.31. The molecule has 2 aliphatic rings. The fourth-order valence-corrected chi connectivity index (χ4v) is 4.80. The van der Waals surface area contributed by atoms with E-state index in [-0.39, 0.29) is 23.4 Å².